The second-order valence-corrected chi connectivity index (χ2v) is 7.93. The van der Waals surface area contributed by atoms with Crippen LogP contribution in [0.5, 0.6) is 0 Å². The molecule has 1 fully saturated rings. The molecular formula is C18H19N3O5S. The van der Waals surface area contributed by atoms with Crippen LogP contribution in [0.3, 0.4) is 0 Å². The number of ether oxygens (including phenoxy) is 1. The lowest BCUT2D eigenvalue weighted by atomic mass is 9.99. The highest BCUT2D eigenvalue weighted by molar-refractivity contribution is 8.00. The summed E-state index contributed by atoms with van der Waals surface area (Å²) in [5, 5.41) is 11.7. The van der Waals surface area contributed by atoms with Gasteiger partial charge in [0.05, 0.1) is 12.5 Å². The summed E-state index contributed by atoms with van der Waals surface area (Å²) in [6.45, 7) is 1.70. The van der Waals surface area contributed by atoms with E-state index in [1.807, 2.05) is 0 Å². The lowest BCUT2D eigenvalue weighted by molar-refractivity contribution is -0.150. The highest BCUT2D eigenvalue weighted by Crippen LogP contribution is 2.40. The van der Waals surface area contributed by atoms with Crippen molar-refractivity contribution in [3.8, 4) is 0 Å². The van der Waals surface area contributed by atoms with Crippen LogP contribution in [-0.4, -0.2) is 51.0 Å². The summed E-state index contributed by atoms with van der Waals surface area (Å²) in [5.74, 6) is -1.47. The number of nitrogens with zero attached hydrogens (tertiary/aromatic N) is 1. The molecular weight excluding hydrogens is 370 g/mol. The van der Waals surface area contributed by atoms with E-state index in [9.17, 15) is 19.5 Å². The Labute approximate surface area is 159 Å². The molecule has 9 heteroatoms. The van der Waals surface area contributed by atoms with E-state index in [2.05, 4.69) is 5.32 Å². The van der Waals surface area contributed by atoms with Gasteiger partial charge in [0.1, 0.15) is 23.2 Å². The van der Waals surface area contributed by atoms with Crippen molar-refractivity contribution >= 4 is 29.5 Å². The second kappa shape index (κ2) is 6.58. The minimum absolute atomic E-state index is 0.0152. The molecule has 1 saturated heterocycles. The number of carboxylic acids is 1. The summed E-state index contributed by atoms with van der Waals surface area (Å²) in [7, 11) is 0. The number of aliphatic carboxylic acids is 1. The van der Waals surface area contributed by atoms with Gasteiger partial charge in [-0.15, -0.1) is 11.8 Å². The molecule has 0 saturated carbocycles. The summed E-state index contributed by atoms with van der Waals surface area (Å²) >= 11 is 1.44. The molecule has 3 atom stereocenters. The number of β-lactam (4-membered cyclic amide) rings is 1. The van der Waals surface area contributed by atoms with Crippen LogP contribution < -0.4 is 11.1 Å². The normalized spacial score (nSPS) is 27.4. The Morgan fingerprint density at radius 2 is 2.22 bits per heavy atom. The minimum Gasteiger partial charge on any atom is -0.477 e. The van der Waals surface area contributed by atoms with Crippen molar-refractivity contribution in [3.05, 3.63) is 46.6 Å². The number of carbonyl (C=O) groups is 3. The highest BCUT2D eigenvalue weighted by atomic mass is 32.2. The number of hydrogen-bond donors (Lipinski definition) is 3. The number of nitrogens with two attached hydrogens (primary N) is 1. The zero-order valence-electron chi connectivity index (χ0n) is 14.6. The maximum absolute atomic E-state index is 12.7. The zero-order chi connectivity index (χ0) is 19.3. The monoisotopic (exact) mass is 389 g/mol. The van der Waals surface area contributed by atoms with Gasteiger partial charge in [0, 0.05) is 5.75 Å². The molecule has 142 valence electrons. The smallest absolute Gasteiger partial charge is 0.352 e. The van der Waals surface area contributed by atoms with Gasteiger partial charge in [0.15, 0.2) is 0 Å². The Morgan fingerprint density at radius 1 is 1.44 bits per heavy atom. The largest absolute Gasteiger partial charge is 0.477 e. The first-order valence-electron chi connectivity index (χ1n) is 8.58. The van der Waals surface area contributed by atoms with Crippen LogP contribution >= 0.6 is 11.8 Å². The first-order valence-corrected chi connectivity index (χ1v) is 9.63. The van der Waals surface area contributed by atoms with Crippen molar-refractivity contribution in [2.24, 2.45) is 5.73 Å². The van der Waals surface area contributed by atoms with Gasteiger partial charge in [-0.25, -0.2) is 4.79 Å². The number of nitrogens with one attached hydrogen (secondary N) is 1. The van der Waals surface area contributed by atoms with E-state index in [0.717, 1.165) is 23.1 Å². The van der Waals surface area contributed by atoms with Crippen LogP contribution in [0.15, 0.2) is 46.6 Å². The van der Waals surface area contributed by atoms with Gasteiger partial charge >= 0.3 is 5.97 Å². The maximum atomic E-state index is 12.7. The molecule has 0 aromatic carbocycles. The zero-order valence-corrected chi connectivity index (χ0v) is 15.4. The van der Waals surface area contributed by atoms with Gasteiger partial charge in [0.2, 0.25) is 5.91 Å². The molecule has 8 nitrogen and oxygen atoms in total. The van der Waals surface area contributed by atoms with Crippen molar-refractivity contribution in [1.29, 1.82) is 0 Å². The van der Waals surface area contributed by atoms with Crippen LogP contribution in [0.4, 0.5) is 0 Å². The van der Waals surface area contributed by atoms with E-state index in [1.54, 1.807) is 25.5 Å². The number of allylic oxidation sites excluding steroid dienone is 3. The van der Waals surface area contributed by atoms with E-state index in [4.69, 9.17) is 10.5 Å². The number of rotatable bonds is 4. The number of amides is 2. The van der Waals surface area contributed by atoms with Crippen molar-refractivity contribution in [3.63, 3.8) is 0 Å². The van der Waals surface area contributed by atoms with Gasteiger partial charge in [-0.3, -0.25) is 14.5 Å². The fourth-order valence-electron chi connectivity index (χ4n) is 3.81. The SMILES string of the molecule is CC1=C(C(=O)O)N2C(=O)C(NC(=O)C(N)C3=C4C=COC=C4CC3)C2SC1. The third-order valence-corrected chi connectivity index (χ3v) is 6.62. The third kappa shape index (κ3) is 2.78. The highest BCUT2D eigenvalue weighted by Gasteiger charge is 2.54. The van der Waals surface area contributed by atoms with Crippen LogP contribution in [0.25, 0.3) is 0 Å². The summed E-state index contributed by atoms with van der Waals surface area (Å²) in [6.07, 6.45) is 6.42. The number of carboxylic acid groups (broad SMARTS) is 1. The lowest BCUT2D eigenvalue weighted by Crippen LogP contribution is -2.71. The molecule has 0 aromatic rings. The predicted molar refractivity (Wildman–Crippen MR) is 97.9 cm³/mol. The topological polar surface area (TPSA) is 122 Å². The molecule has 3 unspecified atom stereocenters. The van der Waals surface area contributed by atoms with E-state index in [-0.39, 0.29) is 5.70 Å². The third-order valence-electron chi connectivity index (χ3n) is 5.20. The molecule has 0 bridgehead atoms. The summed E-state index contributed by atoms with van der Waals surface area (Å²) in [6, 6.07) is -1.62. The van der Waals surface area contributed by atoms with Crippen molar-refractivity contribution in [1.82, 2.24) is 10.2 Å². The molecule has 4 rings (SSSR count). The summed E-state index contributed by atoms with van der Waals surface area (Å²) in [5.41, 5.74) is 9.57. The molecule has 1 aliphatic carbocycles. The van der Waals surface area contributed by atoms with Gasteiger partial charge in [-0.2, -0.15) is 0 Å². The lowest BCUT2D eigenvalue weighted by Gasteiger charge is -2.49. The second-order valence-electron chi connectivity index (χ2n) is 6.83. The average Bonchev–Trinajstić information content (AvgIpc) is 3.08. The average molecular weight is 389 g/mol. The number of carbonyl (C=O) groups excluding carboxylic acids is 2. The van der Waals surface area contributed by atoms with Crippen LogP contribution in [0.1, 0.15) is 19.8 Å². The standard InChI is InChI=1S/C18H19N3O5S/c1-8-7-27-17-13(16(23)21(17)14(8)18(24)25)20-15(22)12(19)11-3-2-9-6-26-5-4-10(9)11/h4-6,12-13,17H,2-3,7,19H2,1H3,(H,20,22)(H,24,25). The molecule has 27 heavy (non-hydrogen) atoms. The van der Waals surface area contributed by atoms with Crippen molar-refractivity contribution < 1.29 is 24.2 Å². The van der Waals surface area contributed by atoms with Crippen molar-refractivity contribution in [2.45, 2.75) is 37.2 Å². The Bertz CT molecular complexity index is 872. The summed E-state index contributed by atoms with van der Waals surface area (Å²) < 4.78 is 5.15. The number of hydrogen-bond acceptors (Lipinski definition) is 6. The van der Waals surface area contributed by atoms with Crippen LogP contribution in [-0.2, 0) is 19.1 Å². The molecule has 2 amide bonds. The maximum Gasteiger partial charge on any atom is 0.352 e. The Balaban J connectivity index is 1.48. The van der Waals surface area contributed by atoms with Gasteiger partial charge in [-0.05, 0) is 48.1 Å². The molecule has 3 aliphatic heterocycles. The molecule has 4 N–H and O–H groups in total. The van der Waals surface area contributed by atoms with Crippen LogP contribution in [0, 0.1) is 0 Å². The minimum atomic E-state index is -1.13. The van der Waals surface area contributed by atoms with Gasteiger partial charge < -0.3 is 20.9 Å². The van der Waals surface area contributed by atoms with Crippen molar-refractivity contribution in [2.75, 3.05) is 5.75 Å². The molecule has 3 heterocycles. The number of thioether (sulfide) groups is 1. The molecule has 0 aromatic heterocycles. The summed E-state index contributed by atoms with van der Waals surface area (Å²) in [4.78, 5) is 37.8. The van der Waals surface area contributed by atoms with E-state index >= 15 is 0 Å². The van der Waals surface area contributed by atoms with E-state index in [1.165, 1.54) is 16.7 Å². The first kappa shape index (κ1) is 17.9. The number of fused-ring (bicyclic) bond motifs is 2. The first-order chi connectivity index (χ1) is 12.9. The Hall–Kier alpha value is -2.52. The molecule has 0 radical (unpaired) electrons. The van der Waals surface area contributed by atoms with Gasteiger partial charge in [-0.1, -0.05) is 0 Å². The van der Waals surface area contributed by atoms with E-state index < -0.39 is 35.2 Å². The molecule has 0 spiro atoms. The molecule has 4 aliphatic rings. The quantitative estimate of drug-likeness (QED) is 0.602. The van der Waals surface area contributed by atoms with E-state index in [0.29, 0.717) is 17.7 Å². The van der Waals surface area contributed by atoms with Crippen LogP contribution in [0.2, 0.25) is 0 Å². The fraction of sp³-hybridized carbons (Fsp3) is 0.389. The Morgan fingerprint density at radius 3 is 2.96 bits per heavy atom. The fourth-order valence-corrected chi connectivity index (χ4v) is 5.10. The Kier molecular flexibility index (Phi) is 4.35. The predicted octanol–water partition coefficient (Wildman–Crippen LogP) is 0.590. The van der Waals surface area contributed by atoms with Gasteiger partial charge in [0.25, 0.3) is 5.91 Å².